The van der Waals surface area contributed by atoms with E-state index in [1.54, 1.807) is 4.98 Å². The van der Waals surface area contributed by atoms with Gasteiger partial charge in [-0.3, -0.25) is 18.9 Å². The molecule has 0 radical (unpaired) electrons. The summed E-state index contributed by atoms with van der Waals surface area (Å²) < 4.78 is 78.0. The maximum atomic E-state index is 13.9. The summed E-state index contributed by atoms with van der Waals surface area (Å²) in [7, 11) is -17.5. The SMILES string of the molecule is O=c1ccn(C2OC(CF)(COP(=O)(O)OP(=O)(O)OP(=O)(O)O)C(O)C2(O)CF)c(=O)[nH]1. The Morgan fingerprint density at radius 3 is 2.18 bits per heavy atom. The zero-order valence-corrected chi connectivity index (χ0v) is 18.5. The number of nitrogens with zero attached hydrogens (tertiary/aromatic N) is 1. The number of aromatic amines is 1. The highest BCUT2D eigenvalue weighted by atomic mass is 31.3. The van der Waals surface area contributed by atoms with Crippen LogP contribution in [0.5, 0.6) is 0 Å². The van der Waals surface area contributed by atoms with Crippen LogP contribution in [-0.4, -0.2) is 76.6 Å². The minimum Gasteiger partial charge on any atom is -0.387 e. The van der Waals surface area contributed by atoms with E-state index in [1.165, 1.54) is 0 Å². The monoisotopic (exact) mass is 548 g/mol. The second-order valence-electron chi connectivity index (χ2n) is 6.58. The molecule has 0 aromatic carbocycles. The minimum absolute atomic E-state index is 0.368. The number of ether oxygens (including phenoxy) is 1. The first-order valence-electron chi connectivity index (χ1n) is 8.20. The van der Waals surface area contributed by atoms with E-state index in [1.807, 2.05) is 0 Å². The van der Waals surface area contributed by atoms with Crippen molar-refractivity contribution in [2.24, 2.45) is 0 Å². The first kappa shape index (κ1) is 28.1. The number of nitrogens with one attached hydrogen (secondary N) is 1. The van der Waals surface area contributed by atoms with Crippen LogP contribution in [0.1, 0.15) is 6.23 Å². The first-order valence-corrected chi connectivity index (χ1v) is 12.7. The van der Waals surface area contributed by atoms with E-state index in [9.17, 15) is 47.2 Å². The third kappa shape index (κ3) is 6.29. The van der Waals surface area contributed by atoms with Gasteiger partial charge in [-0.15, -0.1) is 0 Å². The Morgan fingerprint density at radius 1 is 1.09 bits per heavy atom. The van der Waals surface area contributed by atoms with Gasteiger partial charge in [-0.2, -0.15) is 8.62 Å². The van der Waals surface area contributed by atoms with Gasteiger partial charge in [-0.25, -0.2) is 27.3 Å². The molecule has 1 aliphatic rings. The molecule has 33 heavy (non-hydrogen) atoms. The molecule has 6 unspecified atom stereocenters. The van der Waals surface area contributed by atoms with Gasteiger partial charge in [0.05, 0.1) is 6.61 Å². The number of H-pyrrole nitrogens is 1. The lowest BCUT2D eigenvalue weighted by Gasteiger charge is -2.31. The molecule has 2 heterocycles. The number of phosphoric ester groups is 1. The normalized spacial score (nSPS) is 31.8. The summed E-state index contributed by atoms with van der Waals surface area (Å²) in [5.74, 6) is 0. The smallest absolute Gasteiger partial charge is 0.387 e. The lowest BCUT2D eigenvalue weighted by atomic mass is 9.88. The zero-order valence-electron chi connectivity index (χ0n) is 15.8. The van der Waals surface area contributed by atoms with Crippen molar-refractivity contribution in [3.63, 3.8) is 0 Å². The predicted molar refractivity (Wildman–Crippen MR) is 96.9 cm³/mol. The number of hydrogen-bond acceptors (Lipinski definition) is 11. The van der Waals surface area contributed by atoms with Crippen LogP contribution < -0.4 is 11.2 Å². The van der Waals surface area contributed by atoms with Crippen LogP contribution in [0.3, 0.4) is 0 Å². The van der Waals surface area contributed by atoms with Gasteiger partial charge in [0.2, 0.25) is 0 Å². The van der Waals surface area contributed by atoms with Gasteiger partial charge < -0.3 is 34.5 Å². The van der Waals surface area contributed by atoms with E-state index in [2.05, 4.69) is 13.1 Å². The Hall–Kier alpha value is -1.17. The number of aliphatic hydroxyl groups is 2. The molecule has 17 nitrogen and oxygen atoms in total. The molecule has 0 saturated carbocycles. The second kappa shape index (κ2) is 9.47. The van der Waals surface area contributed by atoms with Crippen molar-refractivity contribution in [3.05, 3.63) is 33.1 Å². The summed E-state index contributed by atoms with van der Waals surface area (Å²) >= 11 is 0. The third-order valence-electron chi connectivity index (χ3n) is 4.18. The van der Waals surface area contributed by atoms with Crippen molar-refractivity contribution < 1.29 is 70.1 Å². The van der Waals surface area contributed by atoms with Crippen LogP contribution in [0, 0.1) is 0 Å². The van der Waals surface area contributed by atoms with E-state index in [4.69, 9.17) is 19.4 Å². The molecule has 6 atom stereocenters. The van der Waals surface area contributed by atoms with Crippen molar-refractivity contribution in [1.82, 2.24) is 9.55 Å². The fourth-order valence-electron chi connectivity index (χ4n) is 2.78. The minimum atomic E-state index is -5.93. The molecule has 2 rings (SSSR count). The largest absolute Gasteiger partial charge is 0.490 e. The molecule has 1 saturated heterocycles. The van der Waals surface area contributed by atoms with Gasteiger partial charge in [0, 0.05) is 12.3 Å². The first-order chi connectivity index (χ1) is 14.9. The molecule has 22 heteroatoms. The Labute approximate surface area is 180 Å². The number of halogens is 2. The van der Waals surface area contributed by atoms with E-state index < -0.39 is 78.2 Å². The highest BCUT2D eigenvalue weighted by Gasteiger charge is 2.65. The van der Waals surface area contributed by atoms with Crippen molar-refractivity contribution >= 4 is 23.5 Å². The van der Waals surface area contributed by atoms with Crippen LogP contribution in [-0.2, 0) is 31.6 Å². The Morgan fingerprint density at radius 2 is 1.70 bits per heavy atom. The van der Waals surface area contributed by atoms with Gasteiger partial charge in [-0.1, -0.05) is 0 Å². The maximum Gasteiger partial charge on any atom is 0.490 e. The van der Waals surface area contributed by atoms with Gasteiger partial charge in [0.1, 0.15) is 19.5 Å². The summed E-state index contributed by atoms with van der Waals surface area (Å²) in [4.78, 5) is 60.5. The molecule has 0 bridgehead atoms. The van der Waals surface area contributed by atoms with Gasteiger partial charge >= 0.3 is 29.2 Å². The highest BCUT2D eigenvalue weighted by molar-refractivity contribution is 7.66. The molecule has 1 aromatic heterocycles. The maximum absolute atomic E-state index is 13.9. The number of alkyl halides is 2. The molecule has 190 valence electrons. The van der Waals surface area contributed by atoms with Crippen LogP contribution in [0.2, 0.25) is 0 Å². The molecule has 1 fully saturated rings. The Bertz CT molecular complexity index is 1140. The molecule has 0 spiro atoms. The van der Waals surface area contributed by atoms with E-state index in [0.29, 0.717) is 10.8 Å². The van der Waals surface area contributed by atoms with Crippen LogP contribution in [0.15, 0.2) is 21.9 Å². The molecule has 7 N–H and O–H groups in total. The van der Waals surface area contributed by atoms with Crippen molar-refractivity contribution in [2.45, 2.75) is 23.5 Å². The van der Waals surface area contributed by atoms with Crippen LogP contribution in [0.25, 0.3) is 0 Å². The molecule has 1 aromatic rings. The number of aromatic nitrogens is 2. The standard InChI is InChI=1S/C11H17F2N2O15P3/c12-3-10(5-27-32(23,24)30-33(25,26)29-31(20,21)22)7(17)11(19,4-13)8(28-10)15-2-1-6(16)14-9(15)18/h1-2,7-8,17,19H,3-5H2,(H,23,24)(H,25,26)(H,14,16,18)(H2,20,21,22). The predicted octanol–water partition coefficient (Wildman–Crippen LogP) is -1.82. The summed E-state index contributed by atoms with van der Waals surface area (Å²) in [6, 6.07) is 0.733. The Kier molecular flexibility index (Phi) is 8.05. The van der Waals surface area contributed by atoms with Crippen LogP contribution >= 0.6 is 23.5 Å². The molecule has 0 aliphatic carbocycles. The molecular weight excluding hydrogens is 531 g/mol. The summed E-state index contributed by atoms with van der Waals surface area (Å²) in [6.07, 6.45) is -4.13. The van der Waals surface area contributed by atoms with E-state index in [-0.39, 0.29) is 0 Å². The topological polar surface area (TPSA) is 264 Å². The fourth-order valence-corrected chi connectivity index (χ4v) is 5.85. The highest BCUT2D eigenvalue weighted by Crippen LogP contribution is 2.66. The van der Waals surface area contributed by atoms with Crippen LogP contribution in [0.4, 0.5) is 8.78 Å². The quantitative estimate of drug-likeness (QED) is 0.159. The van der Waals surface area contributed by atoms with Gasteiger partial charge in [0.15, 0.2) is 17.4 Å². The lowest BCUT2D eigenvalue weighted by molar-refractivity contribution is -0.140. The average molecular weight is 548 g/mol. The summed E-state index contributed by atoms with van der Waals surface area (Å²) in [5.41, 5.74) is -8.17. The second-order valence-corrected chi connectivity index (χ2v) is 11.0. The number of aliphatic hydroxyl groups excluding tert-OH is 1. The fraction of sp³-hybridized carbons (Fsp3) is 0.636. The molecular formula is C11H17F2N2O15P3. The third-order valence-corrected chi connectivity index (χ3v) is 7.96. The van der Waals surface area contributed by atoms with Crippen molar-refractivity contribution in [2.75, 3.05) is 20.0 Å². The van der Waals surface area contributed by atoms with Crippen molar-refractivity contribution in [3.8, 4) is 0 Å². The molecule has 0 amide bonds. The van der Waals surface area contributed by atoms with Crippen molar-refractivity contribution in [1.29, 1.82) is 0 Å². The van der Waals surface area contributed by atoms with E-state index in [0.717, 1.165) is 6.07 Å². The van der Waals surface area contributed by atoms with Gasteiger partial charge in [-0.05, 0) is 0 Å². The average Bonchev–Trinajstić information content (AvgIpc) is 2.86. The number of hydrogen-bond donors (Lipinski definition) is 7. The zero-order chi connectivity index (χ0) is 25.5. The summed E-state index contributed by atoms with van der Waals surface area (Å²) in [5, 5.41) is 20.9. The number of phosphoric acid groups is 3. The molecule has 1 aliphatic heterocycles. The lowest BCUT2D eigenvalue weighted by Crippen LogP contribution is -2.55. The number of rotatable bonds is 10. The Balaban J connectivity index is 2.33. The summed E-state index contributed by atoms with van der Waals surface area (Å²) in [6.45, 7) is -5.35. The van der Waals surface area contributed by atoms with E-state index >= 15 is 0 Å². The van der Waals surface area contributed by atoms with Gasteiger partial charge in [0.25, 0.3) is 5.56 Å².